The molecule has 0 amide bonds. The number of rotatable bonds is 4. The smallest absolute Gasteiger partial charge is 0.176 e. The summed E-state index contributed by atoms with van der Waals surface area (Å²) in [6.45, 7) is 1.49. The largest absolute Gasteiger partial charge is 0.394 e. The Morgan fingerprint density at radius 2 is 1.90 bits per heavy atom. The lowest BCUT2D eigenvalue weighted by Crippen LogP contribution is -2.52. The molecule has 0 bridgehead atoms. The van der Waals surface area contributed by atoms with Crippen LogP contribution in [0.2, 0.25) is 0 Å². The van der Waals surface area contributed by atoms with Crippen LogP contribution in [-0.2, 0) is 9.47 Å². The summed E-state index contributed by atoms with van der Waals surface area (Å²) in [7, 11) is 2.96. The Hall–Kier alpha value is -0.160. The Bertz CT molecular complexity index is 91.0. The van der Waals surface area contributed by atoms with E-state index >= 15 is 0 Å². The molecule has 1 unspecified atom stereocenters. The Balaban J connectivity index is 3.97. The molecule has 4 heteroatoms. The molecule has 0 rings (SSSR count). The summed E-state index contributed by atoms with van der Waals surface area (Å²) in [5.74, 6) is 0. The predicted molar refractivity (Wildman–Crippen MR) is 37.5 cm³/mol. The Labute approximate surface area is 60.9 Å². The van der Waals surface area contributed by atoms with Crippen molar-refractivity contribution in [3.8, 4) is 0 Å². The maximum Gasteiger partial charge on any atom is 0.176 e. The summed E-state index contributed by atoms with van der Waals surface area (Å²) in [6.07, 6.45) is -0.558. The second-order valence-corrected chi connectivity index (χ2v) is 2.47. The van der Waals surface area contributed by atoms with Gasteiger partial charge in [-0.3, -0.25) is 0 Å². The van der Waals surface area contributed by atoms with Gasteiger partial charge in [-0.25, -0.2) is 0 Å². The van der Waals surface area contributed by atoms with Crippen molar-refractivity contribution in [1.82, 2.24) is 0 Å². The maximum absolute atomic E-state index is 8.74. The van der Waals surface area contributed by atoms with E-state index in [1.54, 1.807) is 6.92 Å². The van der Waals surface area contributed by atoms with Crippen molar-refractivity contribution in [3.63, 3.8) is 0 Å². The van der Waals surface area contributed by atoms with Gasteiger partial charge in [-0.2, -0.15) is 0 Å². The maximum atomic E-state index is 8.74. The highest BCUT2D eigenvalue weighted by molar-refractivity contribution is 4.81. The van der Waals surface area contributed by atoms with E-state index in [9.17, 15) is 0 Å². The van der Waals surface area contributed by atoms with Crippen LogP contribution in [0.4, 0.5) is 0 Å². The van der Waals surface area contributed by atoms with Gasteiger partial charge in [0.25, 0.3) is 0 Å². The van der Waals surface area contributed by atoms with E-state index < -0.39 is 11.8 Å². The molecule has 4 nitrogen and oxygen atoms in total. The standard InChI is InChI=1S/C6H15NO3/c1-6(7,4-8)5(9-2)10-3/h5,8H,4,7H2,1-3H3. The monoisotopic (exact) mass is 149 g/mol. The zero-order valence-corrected chi connectivity index (χ0v) is 6.63. The summed E-state index contributed by atoms with van der Waals surface area (Å²) in [4.78, 5) is 0. The van der Waals surface area contributed by atoms with Crippen LogP contribution in [0.15, 0.2) is 0 Å². The highest BCUT2D eigenvalue weighted by Gasteiger charge is 2.29. The highest BCUT2D eigenvalue weighted by atomic mass is 16.7. The molecule has 0 aliphatic heterocycles. The van der Waals surface area contributed by atoms with Crippen LogP contribution < -0.4 is 5.73 Å². The van der Waals surface area contributed by atoms with Gasteiger partial charge >= 0.3 is 0 Å². The molecule has 0 aromatic rings. The zero-order valence-electron chi connectivity index (χ0n) is 6.63. The predicted octanol–water partition coefficient (Wildman–Crippen LogP) is -0.685. The molecule has 1 atom stereocenters. The Kier molecular flexibility index (Phi) is 3.81. The molecule has 0 saturated heterocycles. The fourth-order valence-corrected chi connectivity index (χ4v) is 0.709. The van der Waals surface area contributed by atoms with Gasteiger partial charge in [0, 0.05) is 14.2 Å². The highest BCUT2D eigenvalue weighted by Crippen LogP contribution is 2.08. The van der Waals surface area contributed by atoms with Crippen LogP contribution in [0.3, 0.4) is 0 Å². The third-order valence-corrected chi connectivity index (χ3v) is 1.31. The molecule has 10 heavy (non-hydrogen) atoms. The third kappa shape index (κ3) is 2.22. The normalized spacial score (nSPS) is 17.4. The van der Waals surface area contributed by atoms with Crippen molar-refractivity contribution in [2.75, 3.05) is 20.8 Å². The number of methoxy groups -OCH3 is 2. The lowest BCUT2D eigenvalue weighted by molar-refractivity contribution is -0.151. The van der Waals surface area contributed by atoms with E-state index in [0.717, 1.165) is 0 Å². The SMILES string of the molecule is COC(OC)C(C)(N)CO. The van der Waals surface area contributed by atoms with Crippen LogP contribution in [0.1, 0.15) is 6.92 Å². The molecule has 0 heterocycles. The first kappa shape index (κ1) is 9.84. The fourth-order valence-electron chi connectivity index (χ4n) is 0.709. The average Bonchev–Trinajstić information content (AvgIpc) is 1.90. The molecule has 0 radical (unpaired) electrons. The van der Waals surface area contributed by atoms with E-state index in [1.165, 1.54) is 14.2 Å². The Morgan fingerprint density at radius 1 is 1.50 bits per heavy atom. The van der Waals surface area contributed by atoms with E-state index in [0.29, 0.717) is 0 Å². The molecular weight excluding hydrogens is 134 g/mol. The van der Waals surface area contributed by atoms with Crippen LogP contribution in [0.5, 0.6) is 0 Å². The zero-order chi connectivity index (χ0) is 8.20. The van der Waals surface area contributed by atoms with Gasteiger partial charge in [0.05, 0.1) is 12.1 Å². The first-order valence-corrected chi connectivity index (χ1v) is 3.04. The second kappa shape index (κ2) is 3.88. The number of hydrogen-bond donors (Lipinski definition) is 2. The van der Waals surface area contributed by atoms with Crippen LogP contribution >= 0.6 is 0 Å². The van der Waals surface area contributed by atoms with Gasteiger partial charge in [-0.1, -0.05) is 0 Å². The van der Waals surface area contributed by atoms with Crippen molar-refractivity contribution in [2.45, 2.75) is 18.8 Å². The first-order valence-electron chi connectivity index (χ1n) is 3.04. The lowest BCUT2D eigenvalue weighted by atomic mass is 10.1. The number of aliphatic hydroxyl groups is 1. The van der Waals surface area contributed by atoms with Crippen molar-refractivity contribution >= 4 is 0 Å². The quantitative estimate of drug-likeness (QED) is 0.519. The van der Waals surface area contributed by atoms with Gasteiger partial charge in [0.1, 0.15) is 0 Å². The van der Waals surface area contributed by atoms with Gasteiger partial charge in [0.2, 0.25) is 0 Å². The van der Waals surface area contributed by atoms with Crippen LogP contribution in [0, 0.1) is 0 Å². The average molecular weight is 149 g/mol. The minimum Gasteiger partial charge on any atom is -0.394 e. The fraction of sp³-hybridized carbons (Fsp3) is 1.00. The molecule has 0 fully saturated rings. The van der Waals surface area contributed by atoms with Crippen LogP contribution in [-0.4, -0.2) is 37.8 Å². The summed E-state index contributed by atoms with van der Waals surface area (Å²) in [5.41, 5.74) is 4.75. The van der Waals surface area contributed by atoms with E-state index in [4.69, 9.17) is 20.3 Å². The summed E-state index contributed by atoms with van der Waals surface area (Å²) in [5, 5.41) is 8.74. The van der Waals surface area contributed by atoms with Crippen molar-refractivity contribution in [3.05, 3.63) is 0 Å². The number of nitrogens with two attached hydrogens (primary N) is 1. The lowest BCUT2D eigenvalue weighted by Gasteiger charge is -2.29. The van der Waals surface area contributed by atoms with Gasteiger partial charge in [-0.05, 0) is 6.92 Å². The van der Waals surface area contributed by atoms with Crippen molar-refractivity contribution < 1.29 is 14.6 Å². The van der Waals surface area contributed by atoms with E-state index in [1.807, 2.05) is 0 Å². The molecule has 0 saturated carbocycles. The minimum absolute atomic E-state index is 0.167. The van der Waals surface area contributed by atoms with E-state index in [-0.39, 0.29) is 6.61 Å². The van der Waals surface area contributed by atoms with Crippen molar-refractivity contribution in [2.24, 2.45) is 5.73 Å². The summed E-state index contributed by atoms with van der Waals surface area (Å²) >= 11 is 0. The number of ether oxygens (including phenoxy) is 2. The molecule has 0 aromatic heterocycles. The van der Waals surface area contributed by atoms with Gasteiger partial charge < -0.3 is 20.3 Å². The molecule has 0 aliphatic carbocycles. The van der Waals surface area contributed by atoms with Crippen LogP contribution in [0.25, 0.3) is 0 Å². The number of aliphatic hydroxyl groups excluding tert-OH is 1. The molecule has 3 N–H and O–H groups in total. The summed E-state index contributed by atoms with van der Waals surface area (Å²) < 4.78 is 9.70. The third-order valence-electron chi connectivity index (χ3n) is 1.31. The molecule has 0 aliphatic rings. The first-order chi connectivity index (χ1) is 4.58. The number of hydrogen-bond acceptors (Lipinski definition) is 4. The van der Waals surface area contributed by atoms with Gasteiger partial charge in [0.15, 0.2) is 6.29 Å². The van der Waals surface area contributed by atoms with E-state index in [2.05, 4.69) is 0 Å². The van der Waals surface area contributed by atoms with Gasteiger partial charge in [-0.15, -0.1) is 0 Å². The second-order valence-electron chi connectivity index (χ2n) is 2.47. The Morgan fingerprint density at radius 3 is 2.00 bits per heavy atom. The molecule has 62 valence electrons. The molecule has 0 spiro atoms. The van der Waals surface area contributed by atoms with Crippen molar-refractivity contribution in [1.29, 1.82) is 0 Å². The molecule has 0 aromatic carbocycles. The minimum atomic E-state index is -0.830. The molecular formula is C6H15NO3. The topological polar surface area (TPSA) is 64.7 Å². The summed E-state index contributed by atoms with van der Waals surface area (Å²) in [6, 6.07) is 0.